The van der Waals surface area contributed by atoms with Gasteiger partial charge in [-0.05, 0) is 55.7 Å². The van der Waals surface area contributed by atoms with Crippen molar-refractivity contribution >= 4 is 27.7 Å². The Labute approximate surface area is 186 Å². The average molecular weight is 464 g/mol. The minimum absolute atomic E-state index is 0.0659. The molecule has 2 fully saturated rings. The zero-order chi connectivity index (χ0) is 21.8. The summed E-state index contributed by atoms with van der Waals surface area (Å²) >= 11 is 1.68. The van der Waals surface area contributed by atoms with E-state index in [1.54, 1.807) is 28.9 Å². The van der Waals surface area contributed by atoms with Crippen molar-refractivity contribution in [2.24, 2.45) is 0 Å². The van der Waals surface area contributed by atoms with Crippen molar-refractivity contribution in [3.05, 3.63) is 54.0 Å². The highest BCUT2D eigenvalue weighted by molar-refractivity contribution is 8.00. The van der Waals surface area contributed by atoms with Crippen molar-refractivity contribution in [2.75, 3.05) is 26.2 Å². The second-order valence-corrected chi connectivity index (χ2v) is 11.1. The summed E-state index contributed by atoms with van der Waals surface area (Å²) in [7, 11) is -3.73. The molecule has 6 nitrogen and oxygen atoms in total. The molecule has 0 atom stereocenters. The lowest BCUT2D eigenvalue weighted by molar-refractivity contribution is 0.0760. The zero-order valence-electron chi connectivity index (χ0n) is 17.2. The molecule has 0 bridgehead atoms. The number of hydrogen-bond acceptors (Lipinski definition) is 5. The Hall–Kier alpha value is -1.97. The van der Waals surface area contributed by atoms with Gasteiger partial charge in [0.2, 0.25) is 10.0 Å². The number of aromatic nitrogens is 1. The standard InChI is InChI=1S/C22H26FN3O3S2/c23-17-8-10-19(11-9-17)31(28,29)26-14-4-13-25(15-16-26)22(27)20-7-3-12-24-21(20)30-18-5-1-2-6-18/h3,7-12,18H,1-2,4-6,13-16H2. The summed E-state index contributed by atoms with van der Waals surface area (Å²) in [6.45, 7) is 1.31. The number of nitrogens with zero attached hydrogens (tertiary/aromatic N) is 3. The Bertz CT molecular complexity index is 1020. The third-order valence-electron chi connectivity index (χ3n) is 5.78. The lowest BCUT2D eigenvalue weighted by atomic mass is 10.2. The maximum absolute atomic E-state index is 13.3. The van der Waals surface area contributed by atoms with E-state index in [0.29, 0.717) is 36.9 Å². The van der Waals surface area contributed by atoms with Crippen molar-refractivity contribution in [3.8, 4) is 0 Å². The monoisotopic (exact) mass is 463 g/mol. The van der Waals surface area contributed by atoms with Gasteiger partial charge < -0.3 is 4.90 Å². The van der Waals surface area contributed by atoms with Gasteiger partial charge in [-0.3, -0.25) is 4.79 Å². The van der Waals surface area contributed by atoms with E-state index in [4.69, 9.17) is 0 Å². The van der Waals surface area contributed by atoms with Gasteiger partial charge in [0.25, 0.3) is 5.91 Å². The van der Waals surface area contributed by atoms with Gasteiger partial charge in [0.1, 0.15) is 10.8 Å². The maximum atomic E-state index is 13.3. The Morgan fingerprint density at radius 2 is 1.74 bits per heavy atom. The third-order valence-corrected chi connectivity index (χ3v) is 9.04. The molecule has 0 N–H and O–H groups in total. The molecule has 0 unspecified atom stereocenters. The number of halogens is 1. The first-order chi connectivity index (χ1) is 14.9. The molecule has 1 aromatic carbocycles. The van der Waals surface area contributed by atoms with Crippen LogP contribution in [0.4, 0.5) is 4.39 Å². The fourth-order valence-corrected chi connectivity index (χ4v) is 6.83. The van der Waals surface area contributed by atoms with Gasteiger partial charge in [-0.25, -0.2) is 17.8 Å². The predicted octanol–water partition coefficient (Wildman–Crippen LogP) is 3.79. The van der Waals surface area contributed by atoms with Crippen LogP contribution in [0, 0.1) is 5.82 Å². The fraction of sp³-hybridized carbons (Fsp3) is 0.455. The molecule has 166 valence electrons. The number of carbonyl (C=O) groups is 1. The zero-order valence-corrected chi connectivity index (χ0v) is 18.9. The SMILES string of the molecule is O=C(c1cccnc1SC1CCCC1)N1CCCN(S(=O)(=O)c2ccc(F)cc2)CC1. The largest absolute Gasteiger partial charge is 0.337 e. The summed E-state index contributed by atoms with van der Waals surface area (Å²) < 4.78 is 40.4. The fourth-order valence-electron chi connectivity index (χ4n) is 4.07. The van der Waals surface area contributed by atoms with E-state index < -0.39 is 15.8 Å². The summed E-state index contributed by atoms with van der Waals surface area (Å²) in [6.07, 6.45) is 6.99. The molecule has 0 radical (unpaired) electrons. The first kappa shape index (κ1) is 22.2. The number of benzene rings is 1. The molecular weight excluding hydrogens is 437 g/mol. The normalized spacial score (nSPS) is 18.8. The smallest absolute Gasteiger partial charge is 0.256 e. The highest BCUT2D eigenvalue weighted by atomic mass is 32.2. The van der Waals surface area contributed by atoms with Gasteiger partial charge in [-0.15, -0.1) is 11.8 Å². The van der Waals surface area contributed by atoms with E-state index in [1.807, 2.05) is 6.07 Å². The molecule has 1 saturated heterocycles. The highest BCUT2D eigenvalue weighted by Crippen LogP contribution is 2.35. The van der Waals surface area contributed by atoms with E-state index in [0.717, 1.165) is 30.0 Å². The molecule has 1 amide bonds. The molecule has 1 aliphatic heterocycles. The summed E-state index contributed by atoms with van der Waals surface area (Å²) in [5.41, 5.74) is 0.592. The number of pyridine rings is 1. The minimum Gasteiger partial charge on any atom is -0.337 e. The van der Waals surface area contributed by atoms with Crippen molar-refractivity contribution in [1.82, 2.24) is 14.2 Å². The molecule has 9 heteroatoms. The topological polar surface area (TPSA) is 70.6 Å². The summed E-state index contributed by atoms with van der Waals surface area (Å²) in [4.78, 5) is 19.5. The number of rotatable bonds is 5. The molecule has 1 saturated carbocycles. The highest BCUT2D eigenvalue weighted by Gasteiger charge is 2.30. The average Bonchev–Trinajstić information content (AvgIpc) is 3.14. The summed E-state index contributed by atoms with van der Waals surface area (Å²) in [6, 6.07) is 8.43. The van der Waals surface area contributed by atoms with Gasteiger partial charge >= 0.3 is 0 Å². The van der Waals surface area contributed by atoms with Gasteiger partial charge in [0.05, 0.1) is 10.5 Å². The van der Waals surface area contributed by atoms with Crippen LogP contribution < -0.4 is 0 Å². The lowest BCUT2D eigenvalue weighted by Gasteiger charge is -2.23. The van der Waals surface area contributed by atoms with Gasteiger partial charge in [0.15, 0.2) is 0 Å². The van der Waals surface area contributed by atoms with Crippen LogP contribution in [-0.4, -0.2) is 59.9 Å². The molecule has 2 aliphatic rings. The van der Waals surface area contributed by atoms with Crippen LogP contribution in [-0.2, 0) is 10.0 Å². The van der Waals surface area contributed by atoms with Crippen LogP contribution >= 0.6 is 11.8 Å². The van der Waals surface area contributed by atoms with Crippen LogP contribution in [0.25, 0.3) is 0 Å². The quantitative estimate of drug-likeness (QED) is 0.675. The number of sulfonamides is 1. The number of thioether (sulfide) groups is 1. The Morgan fingerprint density at radius 1 is 1.00 bits per heavy atom. The van der Waals surface area contributed by atoms with E-state index in [-0.39, 0.29) is 17.3 Å². The van der Waals surface area contributed by atoms with Crippen molar-refractivity contribution < 1.29 is 17.6 Å². The molecular formula is C22H26FN3O3S2. The van der Waals surface area contributed by atoms with Crippen molar-refractivity contribution in [3.63, 3.8) is 0 Å². The molecule has 2 aromatic rings. The maximum Gasteiger partial charge on any atom is 0.256 e. The predicted molar refractivity (Wildman–Crippen MR) is 118 cm³/mol. The summed E-state index contributed by atoms with van der Waals surface area (Å²) in [5, 5.41) is 1.27. The summed E-state index contributed by atoms with van der Waals surface area (Å²) in [5.74, 6) is -0.580. The second kappa shape index (κ2) is 9.67. The minimum atomic E-state index is -3.73. The van der Waals surface area contributed by atoms with Crippen molar-refractivity contribution in [2.45, 2.75) is 47.3 Å². The first-order valence-corrected chi connectivity index (χ1v) is 12.9. The van der Waals surface area contributed by atoms with Crippen LogP contribution in [0.1, 0.15) is 42.5 Å². The molecule has 31 heavy (non-hydrogen) atoms. The van der Waals surface area contributed by atoms with Crippen LogP contribution in [0.3, 0.4) is 0 Å². The van der Waals surface area contributed by atoms with E-state index in [1.165, 1.54) is 29.3 Å². The van der Waals surface area contributed by atoms with Crippen LogP contribution in [0.15, 0.2) is 52.5 Å². The van der Waals surface area contributed by atoms with E-state index in [9.17, 15) is 17.6 Å². The third kappa shape index (κ3) is 5.10. The molecule has 2 heterocycles. The Kier molecular flexibility index (Phi) is 6.93. The van der Waals surface area contributed by atoms with E-state index >= 15 is 0 Å². The van der Waals surface area contributed by atoms with Crippen molar-refractivity contribution in [1.29, 1.82) is 0 Å². The van der Waals surface area contributed by atoms with Gasteiger partial charge in [-0.1, -0.05) is 12.8 Å². The second-order valence-electron chi connectivity index (χ2n) is 7.88. The lowest BCUT2D eigenvalue weighted by Crippen LogP contribution is -2.37. The molecule has 1 aromatic heterocycles. The van der Waals surface area contributed by atoms with Gasteiger partial charge in [-0.2, -0.15) is 4.31 Å². The number of amides is 1. The number of carbonyl (C=O) groups excluding carboxylic acids is 1. The Morgan fingerprint density at radius 3 is 2.48 bits per heavy atom. The number of hydrogen-bond donors (Lipinski definition) is 0. The Balaban J connectivity index is 1.46. The van der Waals surface area contributed by atoms with E-state index in [2.05, 4.69) is 4.98 Å². The molecule has 4 rings (SSSR count). The van der Waals surface area contributed by atoms with Gasteiger partial charge in [0, 0.05) is 37.6 Å². The molecule has 0 spiro atoms. The molecule has 1 aliphatic carbocycles. The first-order valence-electron chi connectivity index (χ1n) is 10.6. The van der Waals surface area contributed by atoms with Crippen LogP contribution in [0.5, 0.6) is 0 Å². The van der Waals surface area contributed by atoms with Crippen LogP contribution in [0.2, 0.25) is 0 Å².